The summed E-state index contributed by atoms with van der Waals surface area (Å²) in [5, 5.41) is 2.25. The molecule has 2 heterocycles. The van der Waals surface area contributed by atoms with Crippen LogP contribution < -0.4 is 4.90 Å². The second kappa shape index (κ2) is 5.25. The number of anilines is 1. The van der Waals surface area contributed by atoms with Crippen LogP contribution in [0, 0.1) is 5.92 Å². The van der Waals surface area contributed by atoms with Gasteiger partial charge in [-0.05, 0) is 18.8 Å². The highest BCUT2D eigenvalue weighted by Gasteiger charge is 2.20. The molecule has 1 saturated heterocycles. The largest absolute Gasteiger partial charge is 0.347 e. The van der Waals surface area contributed by atoms with Crippen LogP contribution in [0.25, 0.3) is 0 Å². The van der Waals surface area contributed by atoms with Gasteiger partial charge < -0.3 is 4.90 Å². The van der Waals surface area contributed by atoms with Crippen LogP contribution in [-0.2, 0) is 6.42 Å². The maximum absolute atomic E-state index is 4.52. The number of hydrogen-bond donors (Lipinski definition) is 0. The summed E-state index contributed by atoms with van der Waals surface area (Å²) >= 11 is 5.10. The molecule has 0 aromatic carbocycles. The highest BCUT2D eigenvalue weighted by molar-refractivity contribution is 9.09. The number of rotatable bonds is 3. The lowest BCUT2D eigenvalue weighted by Gasteiger charge is -2.30. The summed E-state index contributed by atoms with van der Waals surface area (Å²) in [5.74, 6) is 1.83. The Morgan fingerprint density at radius 3 is 2.73 bits per heavy atom. The summed E-state index contributed by atoms with van der Waals surface area (Å²) < 4.78 is 4.33. The van der Waals surface area contributed by atoms with Crippen LogP contribution in [0.4, 0.5) is 5.13 Å². The van der Waals surface area contributed by atoms with Crippen molar-refractivity contribution in [2.24, 2.45) is 5.92 Å². The fraction of sp³-hybridized carbons (Fsp3) is 0.800. The molecule has 0 aliphatic carbocycles. The SMILES string of the molecule is CCc1nsc(N2CCC(CBr)CC2)n1. The van der Waals surface area contributed by atoms with Crippen molar-refractivity contribution in [2.75, 3.05) is 23.3 Å². The van der Waals surface area contributed by atoms with Crippen LogP contribution in [0.1, 0.15) is 25.6 Å². The van der Waals surface area contributed by atoms with Crippen LogP contribution >= 0.6 is 27.5 Å². The van der Waals surface area contributed by atoms with Crippen molar-refractivity contribution in [3.63, 3.8) is 0 Å². The van der Waals surface area contributed by atoms with Gasteiger partial charge >= 0.3 is 0 Å². The molecule has 1 aromatic heterocycles. The first-order chi connectivity index (χ1) is 7.33. The second-order valence-electron chi connectivity index (χ2n) is 3.93. The van der Waals surface area contributed by atoms with E-state index >= 15 is 0 Å². The first kappa shape index (κ1) is 11.3. The van der Waals surface area contributed by atoms with Gasteiger partial charge in [0.2, 0.25) is 5.13 Å². The van der Waals surface area contributed by atoms with E-state index in [1.165, 1.54) is 12.8 Å². The molecular formula is C10H16BrN3S. The van der Waals surface area contributed by atoms with Crippen molar-refractivity contribution >= 4 is 32.6 Å². The maximum Gasteiger partial charge on any atom is 0.205 e. The summed E-state index contributed by atoms with van der Waals surface area (Å²) in [6.45, 7) is 4.37. The number of hydrogen-bond acceptors (Lipinski definition) is 4. The lowest BCUT2D eigenvalue weighted by molar-refractivity contribution is 0.446. The molecule has 3 nitrogen and oxygen atoms in total. The third-order valence-electron chi connectivity index (χ3n) is 2.88. The summed E-state index contributed by atoms with van der Waals surface area (Å²) in [6.07, 6.45) is 3.48. The van der Waals surface area contributed by atoms with E-state index in [4.69, 9.17) is 0 Å². The molecule has 0 bridgehead atoms. The van der Waals surface area contributed by atoms with Crippen LogP contribution in [0.2, 0.25) is 0 Å². The van der Waals surface area contributed by atoms with Gasteiger partial charge in [-0.2, -0.15) is 4.37 Å². The number of alkyl halides is 1. The van der Waals surface area contributed by atoms with E-state index in [2.05, 4.69) is 37.1 Å². The number of aromatic nitrogens is 2. The Morgan fingerprint density at radius 1 is 1.47 bits per heavy atom. The van der Waals surface area contributed by atoms with Crippen LogP contribution in [0.3, 0.4) is 0 Å². The molecular weight excluding hydrogens is 274 g/mol. The first-order valence-electron chi connectivity index (χ1n) is 5.47. The fourth-order valence-corrected chi connectivity index (χ4v) is 3.24. The van der Waals surface area contributed by atoms with Gasteiger partial charge in [0.05, 0.1) is 0 Å². The normalized spacial score (nSPS) is 18.4. The summed E-state index contributed by atoms with van der Waals surface area (Å²) in [7, 11) is 0. The number of aryl methyl sites for hydroxylation is 1. The first-order valence-corrected chi connectivity index (χ1v) is 7.36. The van der Waals surface area contributed by atoms with Gasteiger partial charge in [0.15, 0.2) is 0 Å². The van der Waals surface area contributed by atoms with E-state index < -0.39 is 0 Å². The van der Waals surface area contributed by atoms with Gasteiger partial charge in [0, 0.05) is 36.4 Å². The molecule has 2 rings (SSSR count). The molecule has 0 atom stereocenters. The Balaban J connectivity index is 1.95. The number of halogens is 1. The van der Waals surface area contributed by atoms with Gasteiger partial charge in [-0.1, -0.05) is 22.9 Å². The van der Waals surface area contributed by atoms with E-state index in [0.717, 1.165) is 41.7 Å². The number of nitrogens with zero attached hydrogens (tertiary/aromatic N) is 3. The molecule has 5 heteroatoms. The molecule has 1 aromatic rings. The van der Waals surface area contributed by atoms with Crippen LogP contribution in [0.5, 0.6) is 0 Å². The van der Waals surface area contributed by atoms with Crippen molar-refractivity contribution in [1.29, 1.82) is 0 Å². The number of piperidine rings is 1. The molecule has 0 radical (unpaired) electrons. The summed E-state index contributed by atoms with van der Waals surface area (Å²) in [5.41, 5.74) is 0. The van der Waals surface area contributed by atoms with Crippen molar-refractivity contribution in [1.82, 2.24) is 9.36 Å². The molecule has 0 amide bonds. The molecule has 15 heavy (non-hydrogen) atoms. The average molecular weight is 290 g/mol. The molecule has 0 spiro atoms. The van der Waals surface area contributed by atoms with Gasteiger partial charge in [-0.3, -0.25) is 0 Å². The lowest BCUT2D eigenvalue weighted by Crippen LogP contribution is -2.34. The summed E-state index contributed by atoms with van der Waals surface area (Å²) in [6, 6.07) is 0. The molecule has 1 aliphatic heterocycles. The minimum absolute atomic E-state index is 0.847. The minimum Gasteiger partial charge on any atom is -0.347 e. The average Bonchev–Trinajstić information content (AvgIpc) is 2.78. The quantitative estimate of drug-likeness (QED) is 0.802. The Bertz CT molecular complexity index is 307. The van der Waals surface area contributed by atoms with Gasteiger partial charge in [-0.25, -0.2) is 4.98 Å². The minimum atomic E-state index is 0.847. The van der Waals surface area contributed by atoms with Crippen molar-refractivity contribution in [2.45, 2.75) is 26.2 Å². The zero-order chi connectivity index (χ0) is 10.7. The second-order valence-corrected chi connectivity index (χ2v) is 5.31. The van der Waals surface area contributed by atoms with Gasteiger partial charge in [-0.15, -0.1) is 0 Å². The highest BCUT2D eigenvalue weighted by Crippen LogP contribution is 2.25. The Kier molecular flexibility index (Phi) is 3.97. The maximum atomic E-state index is 4.52. The monoisotopic (exact) mass is 289 g/mol. The highest BCUT2D eigenvalue weighted by atomic mass is 79.9. The standard InChI is InChI=1S/C10H16BrN3S/c1-2-9-12-10(15-13-9)14-5-3-8(7-11)4-6-14/h8H,2-7H2,1H3. The van der Waals surface area contributed by atoms with E-state index in [-0.39, 0.29) is 0 Å². The van der Waals surface area contributed by atoms with E-state index in [1.54, 1.807) is 11.5 Å². The Labute approximate surface area is 103 Å². The van der Waals surface area contributed by atoms with Crippen molar-refractivity contribution in [3.05, 3.63) is 5.82 Å². The molecule has 0 N–H and O–H groups in total. The smallest absolute Gasteiger partial charge is 0.205 e. The van der Waals surface area contributed by atoms with Crippen molar-refractivity contribution in [3.8, 4) is 0 Å². The molecule has 0 unspecified atom stereocenters. The van der Waals surface area contributed by atoms with Crippen molar-refractivity contribution < 1.29 is 0 Å². The third-order valence-corrected chi connectivity index (χ3v) is 4.61. The zero-order valence-corrected chi connectivity index (χ0v) is 11.4. The van der Waals surface area contributed by atoms with Crippen LogP contribution in [-0.4, -0.2) is 27.8 Å². The lowest BCUT2D eigenvalue weighted by atomic mass is 10.00. The summed E-state index contributed by atoms with van der Waals surface area (Å²) in [4.78, 5) is 6.90. The van der Waals surface area contributed by atoms with E-state index in [0.29, 0.717) is 0 Å². The molecule has 84 valence electrons. The van der Waals surface area contributed by atoms with E-state index in [1.807, 2.05) is 0 Å². The predicted octanol–water partition coefficient (Wildman–Crippen LogP) is 2.71. The van der Waals surface area contributed by atoms with Crippen LogP contribution in [0.15, 0.2) is 0 Å². The molecule has 1 aliphatic rings. The fourth-order valence-electron chi connectivity index (χ4n) is 1.80. The zero-order valence-electron chi connectivity index (χ0n) is 8.95. The van der Waals surface area contributed by atoms with Gasteiger partial charge in [0.25, 0.3) is 0 Å². The Hall–Kier alpha value is -0.160. The molecule has 0 saturated carbocycles. The third kappa shape index (κ3) is 2.69. The molecule has 1 fully saturated rings. The topological polar surface area (TPSA) is 29.0 Å². The predicted molar refractivity (Wildman–Crippen MR) is 68.0 cm³/mol. The van der Waals surface area contributed by atoms with E-state index in [9.17, 15) is 0 Å². The van der Waals surface area contributed by atoms with Gasteiger partial charge in [0.1, 0.15) is 5.82 Å². The Morgan fingerprint density at radius 2 is 2.20 bits per heavy atom.